The lowest BCUT2D eigenvalue weighted by Crippen LogP contribution is -2.39. The van der Waals surface area contributed by atoms with Gasteiger partial charge >= 0.3 is 0 Å². The van der Waals surface area contributed by atoms with Crippen LogP contribution in [-0.4, -0.2) is 32.9 Å². The molecule has 0 saturated carbocycles. The SMILES string of the molecule is CN(CC(C)(C)CN)S(=O)(=O)c1cc(Br)sc1Br. The molecule has 0 aliphatic carbocycles. The minimum Gasteiger partial charge on any atom is -0.330 e. The van der Waals surface area contributed by atoms with Crippen molar-refractivity contribution in [3.63, 3.8) is 0 Å². The van der Waals surface area contributed by atoms with Crippen LogP contribution in [0.4, 0.5) is 0 Å². The molecule has 0 aliphatic heterocycles. The van der Waals surface area contributed by atoms with Crippen LogP contribution in [0.15, 0.2) is 18.5 Å². The first kappa shape index (κ1) is 16.6. The van der Waals surface area contributed by atoms with Gasteiger partial charge in [0.25, 0.3) is 0 Å². The van der Waals surface area contributed by atoms with E-state index in [1.165, 1.54) is 15.6 Å². The van der Waals surface area contributed by atoms with E-state index < -0.39 is 10.0 Å². The number of nitrogens with two attached hydrogens (primary N) is 1. The highest BCUT2D eigenvalue weighted by Crippen LogP contribution is 2.36. The molecule has 0 saturated heterocycles. The van der Waals surface area contributed by atoms with Crippen LogP contribution in [0.3, 0.4) is 0 Å². The van der Waals surface area contributed by atoms with E-state index in [-0.39, 0.29) is 10.3 Å². The minimum atomic E-state index is -3.48. The fourth-order valence-electron chi connectivity index (χ4n) is 1.42. The lowest BCUT2D eigenvalue weighted by molar-refractivity contribution is 0.292. The third kappa shape index (κ3) is 3.77. The number of sulfonamides is 1. The summed E-state index contributed by atoms with van der Waals surface area (Å²) in [4.78, 5) is 0.287. The molecule has 2 N–H and O–H groups in total. The summed E-state index contributed by atoms with van der Waals surface area (Å²) in [5.41, 5.74) is 5.39. The summed E-state index contributed by atoms with van der Waals surface area (Å²) in [5.74, 6) is 0. The van der Waals surface area contributed by atoms with E-state index in [0.29, 0.717) is 16.9 Å². The molecule has 4 nitrogen and oxygen atoms in total. The second kappa shape index (κ2) is 5.88. The van der Waals surface area contributed by atoms with Gasteiger partial charge < -0.3 is 5.73 Å². The van der Waals surface area contributed by atoms with Gasteiger partial charge in [-0.2, -0.15) is 0 Å². The average Bonchev–Trinajstić information content (AvgIpc) is 2.57. The van der Waals surface area contributed by atoms with Crippen LogP contribution in [0.2, 0.25) is 0 Å². The molecular formula is C10H16Br2N2O2S2. The largest absolute Gasteiger partial charge is 0.330 e. The van der Waals surface area contributed by atoms with Gasteiger partial charge in [-0.25, -0.2) is 12.7 Å². The molecule has 1 aromatic rings. The first-order valence-electron chi connectivity index (χ1n) is 5.21. The summed E-state index contributed by atoms with van der Waals surface area (Å²) in [5, 5.41) is 0. The van der Waals surface area contributed by atoms with Crippen molar-refractivity contribution in [2.75, 3.05) is 20.1 Å². The lowest BCUT2D eigenvalue weighted by Gasteiger charge is -2.28. The standard InChI is InChI=1S/C10H16Br2N2O2S2/c1-10(2,5-13)6-14(3)18(15,16)7-4-8(11)17-9(7)12/h4H,5-6,13H2,1-3H3. The Morgan fingerprint density at radius 2 is 2.00 bits per heavy atom. The molecule has 1 aromatic heterocycles. The normalized spacial score (nSPS) is 13.3. The average molecular weight is 420 g/mol. The second-order valence-corrected chi connectivity index (χ2v) is 10.6. The number of halogens is 2. The van der Waals surface area contributed by atoms with E-state index in [2.05, 4.69) is 31.9 Å². The number of nitrogens with zero attached hydrogens (tertiary/aromatic N) is 1. The Morgan fingerprint density at radius 3 is 2.39 bits per heavy atom. The quantitative estimate of drug-likeness (QED) is 0.797. The molecule has 1 heterocycles. The van der Waals surface area contributed by atoms with Gasteiger partial charge in [-0.3, -0.25) is 0 Å². The van der Waals surface area contributed by atoms with Crippen molar-refractivity contribution in [3.05, 3.63) is 13.6 Å². The van der Waals surface area contributed by atoms with Crippen molar-refractivity contribution in [1.29, 1.82) is 0 Å². The maximum Gasteiger partial charge on any atom is 0.244 e. The van der Waals surface area contributed by atoms with Crippen LogP contribution in [0.25, 0.3) is 0 Å². The molecule has 104 valence electrons. The molecule has 0 atom stereocenters. The molecule has 0 fully saturated rings. The fraction of sp³-hybridized carbons (Fsp3) is 0.600. The molecule has 8 heteroatoms. The first-order valence-corrected chi connectivity index (χ1v) is 9.05. The van der Waals surface area contributed by atoms with Gasteiger partial charge in [0.1, 0.15) is 4.90 Å². The summed E-state index contributed by atoms with van der Waals surface area (Å²) < 4.78 is 27.5. The molecule has 1 rings (SSSR count). The fourth-order valence-corrected chi connectivity index (χ4v) is 6.54. The van der Waals surface area contributed by atoms with Gasteiger partial charge in [-0.1, -0.05) is 13.8 Å². The van der Waals surface area contributed by atoms with Crippen LogP contribution < -0.4 is 5.73 Å². The zero-order valence-corrected chi connectivity index (χ0v) is 15.2. The van der Waals surface area contributed by atoms with Crippen LogP contribution in [0.5, 0.6) is 0 Å². The summed E-state index contributed by atoms with van der Waals surface area (Å²) >= 11 is 7.90. The van der Waals surface area contributed by atoms with Gasteiger partial charge in [-0.05, 0) is 49.9 Å². The molecule has 0 spiro atoms. The van der Waals surface area contributed by atoms with Crippen LogP contribution >= 0.6 is 43.2 Å². The van der Waals surface area contributed by atoms with Crippen LogP contribution in [-0.2, 0) is 10.0 Å². The Hall–Kier alpha value is 0.530. The Labute approximate surface area is 129 Å². The number of hydrogen-bond acceptors (Lipinski definition) is 4. The highest BCUT2D eigenvalue weighted by atomic mass is 79.9. The van der Waals surface area contributed by atoms with Crippen molar-refractivity contribution < 1.29 is 8.42 Å². The molecule has 0 unspecified atom stereocenters. The number of thiophene rings is 1. The zero-order chi connectivity index (χ0) is 14.1. The third-order valence-electron chi connectivity index (χ3n) is 2.52. The summed E-state index contributed by atoms with van der Waals surface area (Å²) in [7, 11) is -1.91. The van der Waals surface area contributed by atoms with Gasteiger partial charge in [0.2, 0.25) is 10.0 Å². The number of rotatable bonds is 5. The molecule has 0 aliphatic rings. The van der Waals surface area contributed by atoms with E-state index in [4.69, 9.17) is 5.73 Å². The third-order valence-corrected chi connectivity index (χ3v) is 7.08. The smallest absolute Gasteiger partial charge is 0.244 e. The monoisotopic (exact) mass is 418 g/mol. The molecule has 0 bridgehead atoms. The molecule has 18 heavy (non-hydrogen) atoms. The second-order valence-electron chi connectivity index (χ2n) is 4.82. The predicted molar refractivity (Wildman–Crippen MR) is 82.4 cm³/mol. The maximum absolute atomic E-state index is 12.4. The van der Waals surface area contributed by atoms with Gasteiger partial charge in [0.05, 0.1) is 7.57 Å². The summed E-state index contributed by atoms with van der Waals surface area (Å²) in [6.07, 6.45) is 0. The highest BCUT2D eigenvalue weighted by molar-refractivity contribution is 9.12. The van der Waals surface area contributed by atoms with E-state index in [1.807, 2.05) is 13.8 Å². The predicted octanol–water partition coefficient (Wildman–Crippen LogP) is 2.88. The lowest BCUT2D eigenvalue weighted by atomic mass is 9.94. The van der Waals surface area contributed by atoms with E-state index in [9.17, 15) is 8.42 Å². The zero-order valence-electron chi connectivity index (χ0n) is 10.4. The van der Waals surface area contributed by atoms with Crippen molar-refractivity contribution in [2.45, 2.75) is 18.7 Å². The van der Waals surface area contributed by atoms with Crippen molar-refractivity contribution in [2.24, 2.45) is 11.1 Å². The Balaban J connectivity index is 3.04. The minimum absolute atomic E-state index is 0.248. The van der Waals surface area contributed by atoms with E-state index >= 15 is 0 Å². The Bertz CT molecular complexity index is 526. The molecule has 0 aromatic carbocycles. The molecule has 0 amide bonds. The van der Waals surface area contributed by atoms with Gasteiger partial charge in [0.15, 0.2) is 0 Å². The van der Waals surface area contributed by atoms with Gasteiger partial charge in [-0.15, -0.1) is 11.3 Å². The van der Waals surface area contributed by atoms with Crippen molar-refractivity contribution in [3.8, 4) is 0 Å². The van der Waals surface area contributed by atoms with Crippen LogP contribution in [0, 0.1) is 5.41 Å². The Morgan fingerprint density at radius 1 is 1.44 bits per heavy atom. The summed E-state index contributed by atoms with van der Waals surface area (Å²) in [6.45, 7) is 4.70. The van der Waals surface area contributed by atoms with E-state index in [0.717, 1.165) is 3.79 Å². The van der Waals surface area contributed by atoms with E-state index in [1.54, 1.807) is 13.1 Å². The van der Waals surface area contributed by atoms with Crippen LogP contribution in [0.1, 0.15) is 13.8 Å². The summed E-state index contributed by atoms with van der Waals surface area (Å²) in [6, 6.07) is 1.61. The van der Waals surface area contributed by atoms with Gasteiger partial charge in [0, 0.05) is 13.6 Å². The topological polar surface area (TPSA) is 63.4 Å². The van der Waals surface area contributed by atoms with Crippen molar-refractivity contribution in [1.82, 2.24) is 4.31 Å². The Kier molecular flexibility index (Phi) is 5.42. The van der Waals surface area contributed by atoms with Crippen molar-refractivity contribution >= 4 is 53.2 Å². The maximum atomic E-state index is 12.4. The molecule has 0 radical (unpaired) electrons. The first-order chi connectivity index (χ1) is 8.10. The highest BCUT2D eigenvalue weighted by Gasteiger charge is 2.29. The molecular weight excluding hydrogens is 404 g/mol. The number of hydrogen-bond donors (Lipinski definition) is 1.